The fourth-order valence-electron chi connectivity index (χ4n) is 2.51. The van der Waals surface area contributed by atoms with Gasteiger partial charge in [-0.1, -0.05) is 29.8 Å². The van der Waals surface area contributed by atoms with Gasteiger partial charge in [-0.2, -0.15) is 0 Å². The molecular formula is C19H21NO4. The minimum atomic E-state index is -0.980. The van der Waals surface area contributed by atoms with E-state index in [9.17, 15) is 9.59 Å². The first-order chi connectivity index (χ1) is 11.4. The van der Waals surface area contributed by atoms with E-state index in [1.54, 1.807) is 19.2 Å². The maximum absolute atomic E-state index is 12.2. The van der Waals surface area contributed by atoms with Crippen LogP contribution in [0.5, 0.6) is 5.75 Å². The Kier molecular flexibility index (Phi) is 5.58. The number of nitrogens with one attached hydrogen (secondary N) is 1. The molecule has 126 valence electrons. The van der Waals surface area contributed by atoms with Gasteiger partial charge in [0, 0.05) is 5.56 Å². The maximum Gasteiger partial charge on any atom is 0.335 e. The number of hydrogen-bond acceptors (Lipinski definition) is 3. The van der Waals surface area contributed by atoms with E-state index in [0.29, 0.717) is 0 Å². The van der Waals surface area contributed by atoms with E-state index >= 15 is 0 Å². The van der Waals surface area contributed by atoms with Crippen LogP contribution in [0.1, 0.15) is 40.0 Å². The molecule has 0 aliphatic carbocycles. The third-order valence-corrected chi connectivity index (χ3v) is 3.79. The molecule has 1 amide bonds. The lowest BCUT2D eigenvalue weighted by Crippen LogP contribution is -2.28. The first-order valence-corrected chi connectivity index (χ1v) is 7.67. The van der Waals surface area contributed by atoms with Crippen LogP contribution in [0.4, 0.5) is 0 Å². The number of carboxylic acids is 1. The predicted molar refractivity (Wildman–Crippen MR) is 91.4 cm³/mol. The summed E-state index contributed by atoms with van der Waals surface area (Å²) in [5, 5.41) is 11.8. The highest BCUT2D eigenvalue weighted by atomic mass is 16.5. The van der Waals surface area contributed by atoms with Gasteiger partial charge in [-0.3, -0.25) is 4.79 Å². The van der Waals surface area contributed by atoms with Crippen LogP contribution >= 0.6 is 0 Å². The normalized spacial score (nSPS) is 11.6. The third kappa shape index (κ3) is 4.35. The molecule has 2 aromatic carbocycles. The highest BCUT2D eigenvalue weighted by Crippen LogP contribution is 2.26. The Hall–Kier alpha value is -2.82. The van der Waals surface area contributed by atoms with Gasteiger partial charge < -0.3 is 15.2 Å². The molecule has 0 aromatic heterocycles. The van der Waals surface area contributed by atoms with Crippen molar-refractivity contribution in [2.45, 2.75) is 26.3 Å². The summed E-state index contributed by atoms with van der Waals surface area (Å²) >= 11 is 0. The number of aryl methyl sites for hydroxylation is 1. The summed E-state index contributed by atoms with van der Waals surface area (Å²) in [5.74, 6) is -0.375. The van der Waals surface area contributed by atoms with Crippen molar-refractivity contribution < 1.29 is 19.4 Å². The van der Waals surface area contributed by atoms with Gasteiger partial charge in [0.15, 0.2) is 0 Å². The zero-order valence-electron chi connectivity index (χ0n) is 14.0. The zero-order chi connectivity index (χ0) is 17.7. The second-order valence-corrected chi connectivity index (χ2v) is 5.71. The number of carbonyl (C=O) groups is 2. The average Bonchev–Trinajstić information content (AvgIpc) is 2.55. The Labute approximate surface area is 141 Å². The molecular weight excluding hydrogens is 306 g/mol. The Morgan fingerprint density at radius 1 is 1.17 bits per heavy atom. The smallest absolute Gasteiger partial charge is 0.335 e. The first kappa shape index (κ1) is 17.5. The standard InChI is InChI=1S/C19H21NO4/c1-12-4-9-17(24-3)16(10-12)13(2)20-18(21)11-14-5-7-15(8-6-14)19(22)23/h4-10,13H,11H2,1-3H3,(H,20,21)(H,22,23). The molecule has 0 radical (unpaired) electrons. The van der Waals surface area contributed by atoms with Gasteiger partial charge in [-0.15, -0.1) is 0 Å². The molecule has 0 saturated carbocycles. The third-order valence-electron chi connectivity index (χ3n) is 3.79. The highest BCUT2D eigenvalue weighted by molar-refractivity contribution is 5.87. The average molecular weight is 327 g/mol. The molecule has 0 bridgehead atoms. The molecule has 0 heterocycles. The van der Waals surface area contributed by atoms with Crippen molar-refractivity contribution in [3.8, 4) is 5.75 Å². The van der Waals surface area contributed by atoms with Gasteiger partial charge in [-0.25, -0.2) is 4.79 Å². The van der Waals surface area contributed by atoms with Gasteiger partial charge in [0.05, 0.1) is 25.1 Å². The number of methoxy groups -OCH3 is 1. The van der Waals surface area contributed by atoms with Crippen molar-refractivity contribution in [2.75, 3.05) is 7.11 Å². The van der Waals surface area contributed by atoms with Gasteiger partial charge in [-0.05, 0) is 37.6 Å². The van der Waals surface area contributed by atoms with Crippen LogP contribution in [0.15, 0.2) is 42.5 Å². The molecule has 1 atom stereocenters. The van der Waals surface area contributed by atoms with Crippen LogP contribution < -0.4 is 10.1 Å². The monoisotopic (exact) mass is 327 g/mol. The molecule has 5 heteroatoms. The number of ether oxygens (including phenoxy) is 1. The van der Waals surface area contributed by atoms with E-state index in [2.05, 4.69) is 5.32 Å². The Bertz CT molecular complexity index is 738. The van der Waals surface area contributed by atoms with Crippen molar-refractivity contribution in [2.24, 2.45) is 0 Å². The number of aromatic carboxylic acids is 1. The number of benzene rings is 2. The molecule has 0 spiro atoms. The Balaban J connectivity index is 2.04. The number of rotatable bonds is 6. The molecule has 0 aliphatic rings. The number of carbonyl (C=O) groups excluding carboxylic acids is 1. The van der Waals surface area contributed by atoms with Crippen molar-refractivity contribution in [3.63, 3.8) is 0 Å². The summed E-state index contributed by atoms with van der Waals surface area (Å²) in [7, 11) is 1.60. The van der Waals surface area contributed by atoms with Gasteiger partial charge >= 0.3 is 5.97 Å². The summed E-state index contributed by atoms with van der Waals surface area (Å²) in [6.45, 7) is 3.89. The summed E-state index contributed by atoms with van der Waals surface area (Å²) in [6.07, 6.45) is 0.193. The summed E-state index contributed by atoms with van der Waals surface area (Å²) in [6, 6.07) is 12.0. The second kappa shape index (κ2) is 7.64. The maximum atomic E-state index is 12.2. The summed E-state index contributed by atoms with van der Waals surface area (Å²) in [4.78, 5) is 23.1. The molecule has 0 fully saturated rings. The Morgan fingerprint density at radius 2 is 1.83 bits per heavy atom. The minimum Gasteiger partial charge on any atom is -0.496 e. The van der Waals surface area contributed by atoms with E-state index < -0.39 is 5.97 Å². The lowest BCUT2D eigenvalue weighted by molar-refractivity contribution is -0.121. The van der Waals surface area contributed by atoms with Crippen LogP contribution in [0, 0.1) is 6.92 Å². The molecule has 2 N–H and O–H groups in total. The topological polar surface area (TPSA) is 75.6 Å². The van der Waals surface area contributed by atoms with Crippen molar-refractivity contribution in [1.29, 1.82) is 0 Å². The summed E-state index contributed by atoms with van der Waals surface area (Å²) in [5.41, 5.74) is 2.99. The van der Waals surface area contributed by atoms with E-state index in [-0.39, 0.29) is 23.9 Å². The lowest BCUT2D eigenvalue weighted by atomic mass is 10.0. The van der Waals surface area contributed by atoms with E-state index in [0.717, 1.165) is 22.4 Å². The fraction of sp³-hybridized carbons (Fsp3) is 0.263. The van der Waals surface area contributed by atoms with E-state index in [1.165, 1.54) is 12.1 Å². The SMILES string of the molecule is COc1ccc(C)cc1C(C)NC(=O)Cc1ccc(C(=O)O)cc1. The molecule has 5 nitrogen and oxygen atoms in total. The fourth-order valence-corrected chi connectivity index (χ4v) is 2.51. The second-order valence-electron chi connectivity index (χ2n) is 5.71. The molecule has 24 heavy (non-hydrogen) atoms. The largest absolute Gasteiger partial charge is 0.496 e. The van der Waals surface area contributed by atoms with Crippen LogP contribution in [0.25, 0.3) is 0 Å². The molecule has 0 saturated heterocycles. The highest BCUT2D eigenvalue weighted by Gasteiger charge is 2.15. The van der Waals surface area contributed by atoms with Crippen LogP contribution in [-0.4, -0.2) is 24.1 Å². The van der Waals surface area contributed by atoms with Crippen molar-refractivity contribution in [3.05, 3.63) is 64.7 Å². The quantitative estimate of drug-likeness (QED) is 0.855. The lowest BCUT2D eigenvalue weighted by Gasteiger charge is -2.18. The predicted octanol–water partition coefficient (Wildman–Crippen LogP) is 3.12. The van der Waals surface area contributed by atoms with Crippen LogP contribution in [0.2, 0.25) is 0 Å². The number of carboxylic acid groups (broad SMARTS) is 1. The van der Waals surface area contributed by atoms with Gasteiger partial charge in [0.1, 0.15) is 5.75 Å². The van der Waals surface area contributed by atoms with Crippen molar-refractivity contribution >= 4 is 11.9 Å². The number of amides is 1. The van der Waals surface area contributed by atoms with Gasteiger partial charge in [0.25, 0.3) is 0 Å². The van der Waals surface area contributed by atoms with Gasteiger partial charge in [0.2, 0.25) is 5.91 Å². The molecule has 2 rings (SSSR count). The molecule has 1 unspecified atom stereocenters. The minimum absolute atomic E-state index is 0.130. The number of hydrogen-bond donors (Lipinski definition) is 2. The van der Waals surface area contributed by atoms with E-state index in [1.807, 2.05) is 32.0 Å². The summed E-state index contributed by atoms with van der Waals surface area (Å²) < 4.78 is 5.35. The van der Waals surface area contributed by atoms with Crippen LogP contribution in [-0.2, 0) is 11.2 Å². The first-order valence-electron chi connectivity index (χ1n) is 7.67. The molecule has 2 aromatic rings. The zero-order valence-corrected chi connectivity index (χ0v) is 14.0. The van der Waals surface area contributed by atoms with E-state index in [4.69, 9.17) is 9.84 Å². The van der Waals surface area contributed by atoms with Crippen molar-refractivity contribution in [1.82, 2.24) is 5.32 Å². The van der Waals surface area contributed by atoms with Crippen LogP contribution in [0.3, 0.4) is 0 Å². The molecule has 0 aliphatic heterocycles. The Morgan fingerprint density at radius 3 is 2.42 bits per heavy atom.